The molecule has 4 N–H and O–H groups in total. The molecule has 1 aromatic rings. The molecule has 1 rings (SSSR count). The number of nitrogens with two attached hydrogens (primary N) is 1. The van der Waals surface area contributed by atoms with E-state index in [2.05, 4.69) is 10.6 Å². The van der Waals surface area contributed by atoms with Crippen molar-refractivity contribution in [3.05, 3.63) is 28.2 Å². The molecule has 0 radical (unpaired) electrons. The topological polar surface area (TPSA) is 106 Å². The number of nitrogens with one attached hydrogen (secondary N) is 2. The first-order valence-corrected chi connectivity index (χ1v) is 6.72. The van der Waals surface area contributed by atoms with Crippen LogP contribution in [0, 0.1) is 12.8 Å². The van der Waals surface area contributed by atoms with Gasteiger partial charge in [-0.1, -0.05) is 13.8 Å². The molecule has 1 heterocycles. The van der Waals surface area contributed by atoms with E-state index in [9.17, 15) is 14.4 Å². The number of amides is 2. The Bertz CT molecular complexity index is 592. The van der Waals surface area contributed by atoms with Gasteiger partial charge in [0, 0.05) is 19.3 Å². The van der Waals surface area contributed by atoms with Crippen molar-refractivity contribution in [3.63, 3.8) is 0 Å². The number of hydrogen-bond acceptors (Lipinski definition) is 4. The van der Waals surface area contributed by atoms with Crippen molar-refractivity contribution in [3.8, 4) is 0 Å². The number of anilines is 1. The van der Waals surface area contributed by atoms with E-state index in [-0.39, 0.29) is 29.8 Å². The number of aryl methyl sites for hydroxylation is 2. The summed E-state index contributed by atoms with van der Waals surface area (Å²) in [5.74, 6) is -0.739. The highest BCUT2D eigenvalue weighted by Gasteiger charge is 2.17. The fraction of sp³-hybridized carbons (Fsp3) is 0.500. The summed E-state index contributed by atoms with van der Waals surface area (Å²) in [4.78, 5) is 34.9. The Kier molecular flexibility index (Phi) is 5.66. The highest BCUT2D eigenvalue weighted by atomic mass is 16.2. The second kappa shape index (κ2) is 7.03. The number of nitrogens with zero attached hydrogens (tertiary/aromatic N) is 1. The van der Waals surface area contributed by atoms with Crippen LogP contribution in [0.4, 0.5) is 5.69 Å². The summed E-state index contributed by atoms with van der Waals surface area (Å²) in [6.07, 6.45) is 1.54. The largest absolute Gasteiger partial charge is 0.346 e. The third kappa shape index (κ3) is 4.71. The molecule has 7 nitrogen and oxygen atoms in total. The lowest BCUT2D eigenvalue weighted by atomic mass is 10.1. The van der Waals surface area contributed by atoms with E-state index in [0.717, 1.165) is 0 Å². The number of hydrogen-bond donors (Lipinski definition) is 3. The van der Waals surface area contributed by atoms with Gasteiger partial charge in [0.2, 0.25) is 11.8 Å². The van der Waals surface area contributed by atoms with Gasteiger partial charge < -0.3 is 20.9 Å². The predicted molar refractivity (Wildman–Crippen MR) is 80.9 cm³/mol. The lowest BCUT2D eigenvalue weighted by Crippen LogP contribution is -2.46. The Labute approximate surface area is 123 Å². The average Bonchev–Trinajstić information content (AvgIpc) is 2.41. The summed E-state index contributed by atoms with van der Waals surface area (Å²) in [7, 11) is 1.60. The third-order valence-electron chi connectivity index (χ3n) is 3.15. The SMILES string of the molecule is Cc1cc(=O)n(C)cc1NC(=O)CNC(=O)[C@@H](N)C(C)C. The minimum absolute atomic E-state index is 0.000969. The van der Waals surface area contributed by atoms with Crippen LogP contribution in [0.1, 0.15) is 19.4 Å². The van der Waals surface area contributed by atoms with Gasteiger partial charge >= 0.3 is 0 Å². The monoisotopic (exact) mass is 294 g/mol. The maximum absolute atomic E-state index is 11.8. The fourth-order valence-corrected chi connectivity index (χ4v) is 1.64. The molecule has 2 amide bonds. The van der Waals surface area contributed by atoms with E-state index in [1.165, 1.54) is 16.8 Å². The number of carbonyl (C=O) groups is 2. The quantitative estimate of drug-likeness (QED) is 0.695. The van der Waals surface area contributed by atoms with Crippen LogP contribution in [-0.2, 0) is 16.6 Å². The minimum Gasteiger partial charge on any atom is -0.346 e. The van der Waals surface area contributed by atoms with Crippen molar-refractivity contribution in [2.75, 3.05) is 11.9 Å². The Morgan fingerprint density at radius 3 is 2.57 bits per heavy atom. The van der Waals surface area contributed by atoms with Gasteiger partial charge in [0.25, 0.3) is 5.56 Å². The van der Waals surface area contributed by atoms with Crippen LogP contribution in [0.5, 0.6) is 0 Å². The summed E-state index contributed by atoms with van der Waals surface area (Å²) < 4.78 is 1.37. The van der Waals surface area contributed by atoms with Gasteiger partial charge in [-0.25, -0.2) is 0 Å². The van der Waals surface area contributed by atoms with Crippen LogP contribution in [0.15, 0.2) is 17.1 Å². The van der Waals surface area contributed by atoms with E-state index in [4.69, 9.17) is 5.73 Å². The zero-order valence-electron chi connectivity index (χ0n) is 12.8. The van der Waals surface area contributed by atoms with Crippen molar-refractivity contribution in [1.29, 1.82) is 0 Å². The van der Waals surface area contributed by atoms with Crippen LogP contribution in [0.25, 0.3) is 0 Å². The molecule has 0 aliphatic carbocycles. The number of carbonyl (C=O) groups excluding carboxylic acids is 2. The molecular formula is C14H22N4O3. The van der Waals surface area contributed by atoms with Gasteiger partial charge in [-0.2, -0.15) is 0 Å². The molecule has 0 aliphatic rings. The standard InChI is InChI=1S/C14H22N4O3/c1-8(2)13(15)14(21)16-6-11(19)17-10-7-18(4)12(20)5-9(10)3/h5,7-8,13H,6,15H2,1-4H3,(H,16,21)(H,17,19)/t13-/m0/s1. The Morgan fingerprint density at radius 2 is 2.00 bits per heavy atom. The van der Waals surface area contributed by atoms with E-state index < -0.39 is 6.04 Å². The zero-order chi connectivity index (χ0) is 16.2. The molecule has 0 spiro atoms. The molecule has 0 unspecified atom stereocenters. The predicted octanol–water partition coefficient (Wildman–Crippen LogP) is -0.268. The van der Waals surface area contributed by atoms with Gasteiger partial charge in [0.15, 0.2) is 0 Å². The summed E-state index contributed by atoms with van der Waals surface area (Å²) in [6, 6.07) is 0.792. The van der Waals surface area contributed by atoms with Gasteiger partial charge in [-0.15, -0.1) is 0 Å². The maximum Gasteiger partial charge on any atom is 0.250 e. The second-order valence-electron chi connectivity index (χ2n) is 5.36. The summed E-state index contributed by atoms with van der Waals surface area (Å²) in [6.45, 7) is 5.22. The molecule has 1 atom stereocenters. The molecule has 0 saturated carbocycles. The Morgan fingerprint density at radius 1 is 1.38 bits per heavy atom. The maximum atomic E-state index is 11.8. The van der Waals surface area contributed by atoms with E-state index in [1.54, 1.807) is 14.0 Å². The van der Waals surface area contributed by atoms with Gasteiger partial charge in [-0.3, -0.25) is 14.4 Å². The highest BCUT2D eigenvalue weighted by molar-refractivity contribution is 5.95. The summed E-state index contributed by atoms with van der Waals surface area (Å²) >= 11 is 0. The van der Waals surface area contributed by atoms with Crippen LogP contribution < -0.4 is 21.9 Å². The first kappa shape index (κ1) is 16.9. The van der Waals surface area contributed by atoms with Crippen molar-refractivity contribution in [2.45, 2.75) is 26.8 Å². The molecule has 0 aliphatic heterocycles. The van der Waals surface area contributed by atoms with Crippen LogP contribution in [0.2, 0.25) is 0 Å². The van der Waals surface area contributed by atoms with E-state index >= 15 is 0 Å². The first-order chi connectivity index (χ1) is 9.72. The molecule has 21 heavy (non-hydrogen) atoms. The van der Waals surface area contributed by atoms with Crippen LogP contribution >= 0.6 is 0 Å². The number of pyridine rings is 1. The molecule has 0 fully saturated rings. The van der Waals surface area contributed by atoms with Crippen molar-refractivity contribution in [2.24, 2.45) is 18.7 Å². The molecule has 7 heteroatoms. The normalized spacial score (nSPS) is 12.1. The van der Waals surface area contributed by atoms with Crippen LogP contribution in [-0.4, -0.2) is 29.0 Å². The summed E-state index contributed by atoms with van der Waals surface area (Å²) in [5.41, 5.74) is 6.72. The van der Waals surface area contributed by atoms with E-state index in [1.807, 2.05) is 13.8 Å². The van der Waals surface area contributed by atoms with Gasteiger partial charge in [0.1, 0.15) is 0 Å². The lowest BCUT2D eigenvalue weighted by Gasteiger charge is -2.15. The molecule has 1 aromatic heterocycles. The van der Waals surface area contributed by atoms with Crippen molar-refractivity contribution >= 4 is 17.5 Å². The number of rotatable bonds is 5. The zero-order valence-corrected chi connectivity index (χ0v) is 12.8. The highest BCUT2D eigenvalue weighted by Crippen LogP contribution is 2.10. The molecule has 0 bridgehead atoms. The lowest BCUT2D eigenvalue weighted by molar-refractivity contribution is -0.125. The van der Waals surface area contributed by atoms with E-state index in [0.29, 0.717) is 11.3 Å². The number of aromatic nitrogens is 1. The van der Waals surface area contributed by atoms with Crippen molar-refractivity contribution < 1.29 is 9.59 Å². The Hall–Kier alpha value is -2.15. The molecular weight excluding hydrogens is 272 g/mol. The van der Waals surface area contributed by atoms with Crippen LogP contribution in [0.3, 0.4) is 0 Å². The van der Waals surface area contributed by atoms with Gasteiger partial charge in [-0.05, 0) is 18.4 Å². The smallest absolute Gasteiger partial charge is 0.250 e. The minimum atomic E-state index is -0.642. The summed E-state index contributed by atoms with van der Waals surface area (Å²) in [5, 5.41) is 5.13. The molecule has 0 aromatic carbocycles. The molecule has 0 saturated heterocycles. The third-order valence-corrected chi connectivity index (χ3v) is 3.15. The Balaban J connectivity index is 2.61. The second-order valence-corrected chi connectivity index (χ2v) is 5.36. The fourth-order valence-electron chi connectivity index (χ4n) is 1.64. The molecule has 116 valence electrons. The van der Waals surface area contributed by atoms with Crippen molar-refractivity contribution in [1.82, 2.24) is 9.88 Å². The first-order valence-electron chi connectivity index (χ1n) is 6.72. The van der Waals surface area contributed by atoms with Gasteiger partial charge in [0.05, 0.1) is 18.3 Å². The average molecular weight is 294 g/mol.